The molecule has 2 aliphatic rings. The van der Waals surface area contributed by atoms with Gasteiger partial charge in [-0.3, -0.25) is 14.5 Å². The molecule has 0 saturated carbocycles. The van der Waals surface area contributed by atoms with Gasteiger partial charge in [0, 0.05) is 29.5 Å². The van der Waals surface area contributed by atoms with Crippen LogP contribution >= 0.6 is 11.6 Å². The summed E-state index contributed by atoms with van der Waals surface area (Å²) in [5, 5.41) is 0.651. The molecule has 4 rings (SSSR count). The first kappa shape index (κ1) is 17.6. The van der Waals surface area contributed by atoms with Gasteiger partial charge in [0.2, 0.25) is 5.91 Å². The summed E-state index contributed by atoms with van der Waals surface area (Å²) in [6.45, 7) is 2.25. The van der Waals surface area contributed by atoms with E-state index in [1.165, 1.54) is 4.90 Å². The number of hydrogen-bond donors (Lipinski definition) is 1. The molecule has 2 amide bonds. The van der Waals surface area contributed by atoms with Crippen LogP contribution < -0.4 is 10.5 Å². The lowest BCUT2D eigenvalue weighted by Crippen LogP contribution is -2.47. The molecule has 0 aromatic heterocycles. The average molecular weight is 383 g/mol. The summed E-state index contributed by atoms with van der Waals surface area (Å²) < 4.78 is 5.70. The van der Waals surface area contributed by atoms with Crippen LogP contribution in [0.1, 0.15) is 29.0 Å². The van der Waals surface area contributed by atoms with E-state index in [1.54, 1.807) is 12.1 Å². The van der Waals surface area contributed by atoms with Crippen molar-refractivity contribution in [2.45, 2.75) is 25.7 Å². The van der Waals surface area contributed by atoms with Gasteiger partial charge in [0.25, 0.3) is 5.91 Å². The first-order valence-corrected chi connectivity index (χ1v) is 9.19. The predicted octanol–water partition coefficient (Wildman–Crippen LogP) is 3.30. The molecule has 138 valence electrons. The van der Waals surface area contributed by atoms with Crippen molar-refractivity contribution in [1.82, 2.24) is 4.90 Å². The molecule has 1 fully saturated rings. The Morgan fingerprint density at radius 2 is 1.93 bits per heavy atom. The minimum Gasteiger partial charge on any atom is -0.441 e. The number of amides is 2. The molecule has 0 spiro atoms. The van der Waals surface area contributed by atoms with Crippen LogP contribution in [0.25, 0.3) is 0 Å². The fourth-order valence-electron chi connectivity index (χ4n) is 3.65. The molecule has 2 aromatic rings. The monoisotopic (exact) mass is 382 g/mol. The number of ether oxygens (including phenoxy) is 1. The van der Waals surface area contributed by atoms with Gasteiger partial charge < -0.3 is 10.5 Å². The van der Waals surface area contributed by atoms with E-state index < -0.39 is 0 Å². The van der Waals surface area contributed by atoms with Gasteiger partial charge in [0.1, 0.15) is 5.75 Å². The van der Waals surface area contributed by atoms with Crippen molar-refractivity contribution >= 4 is 23.4 Å². The first-order chi connectivity index (χ1) is 12.9. The van der Waals surface area contributed by atoms with Crippen molar-refractivity contribution in [3.63, 3.8) is 0 Å². The number of benzene rings is 2. The molecule has 27 heavy (non-hydrogen) atoms. The maximum Gasteiger partial charge on any atom is 0.262 e. The summed E-state index contributed by atoms with van der Waals surface area (Å²) in [7, 11) is 0. The highest BCUT2D eigenvalue weighted by Gasteiger charge is 2.43. The SMILES string of the molecule is Cc1ccc2c(c1)OC(N)=C1C(=O)N(CCc3ccc(Cl)cc3)C(=O)CC12. The lowest BCUT2D eigenvalue weighted by Gasteiger charge is -2.36. The van der Waals surface area contributed by atoms with Gasteiger partial charge in [-0.2, -0.15) is 0 Å². The molecule has 2 aromatic carbocycles. The Labute approximate surface area is 162 Å². The van der Waals surface area contributed by atoms with Crippen LogP contribution in [0, 0.1) is 6.92 Å². The summed E-state index contributed by atoms with van der Waals surface area (Å²) in [4.78, 5) is 27.0. The van der Waals surface area contributed by atoms with Crippen LogP contribution in [0.2, 0.25) is 5.02 Å². The van der Waals surface area contributed by atoms with Gasteiger partial charge in [-0.15, -0.1) is 0 Å². The van der Waals surface area contributed by atoms with Crippen LogP contribution in [0.4, 0.5) is 0 Å². The zero-order chi connectivity index (χ0) is 19.1. The molecule has 0 bridgehead atoms. The highest BCUT2D eigenvalue weighted by Crippen LogP contribution is 2.43. The van der Waals surface area contributed by atoms with Crippen molar-refractivity contribution in [2.24, 2.45) is 5.73 Å². The highest BCUT2D eigenvalue weighted by atomic mass is 35.5. The van der Waals surface area contributed by atoms with E-state index in [-0.39, 0.29) is 30.0 Å². The van der Waals surface area contributed by atoms with Gasteiger partial charge in [-0.05, 0) is 42.7 Å². The fourth-order valence-corrected chi connectivity index (χ4v) is 3.77. The summed E-state index contributed by atoms with van der Waals surface area (Å²) in [5.41, 5.74) is 9.31. The zero-order valence-electron chi connectivity index (χ0n) is 14.9. The number of likely N-dealkylation sites (tertiary alicyclic amines) is 1. The van der Waals surface area contributed by atoms with E-state index in [9.17, 15) is 9.59 Å². The number of halogens is 1. The number of hydrogen-bond acceptors (Lipinski definition) is 4. The second-order valence-electron chi connectivity index (χ2n) is 6.90. The Morgan fingerprint density at radius 1 is 1.19 bits per heavy atom. The van der Waals surface area contributed by atoms with Crippen LogP contribution in [-0.2, 0) is 16.0 Å². The summed E-state index contributed by atoms with van der Waals surface area (Å²) in [6, 6.07) is 13.1. The molecule has 5 nitrogen and oxygen atoms in total. The van der Waals surface area contributed by atoms with Gasteiger partial charge >= 0.3 is 0 Å². The lowest BCUT2D eigenvalue weighted by atomic mass is 9.82. The van der Waals surface area contributed by atoms with E-state index in [0.29, 0.717) is 29.3 Å². The maximum atomic E-state index is 13.0. The Morgan fingerprint density at radius 3 is 2.67 bits per heavy atom. The Bertz CT molecular complexity index is 966. The van der Waals surface area contributed by atoms with Crippen LogP contribution in [0.3, 0.4) is 0 Å². The number of nitrogens with zero attached hydrogens (tertiary/aromatic N) is 1. The number of carbonyl (C=O) groups excluding carboxylic acids is 2. The summed E-state index contributed by atoms with van der Waals surface area (Å²) in [6.07, 6.45) is 0.769. The third kappa shape index (κ3) is 3.19. The molecule has 1 unspecified atom stereocenters. The fraction of sp³-hybridized carbons (Fsp3) is 0.238. The molecule has 2 N–H and O–H groups in total. The number of imide groups is 1. The summed E-state index contributed by atoms with van der Waals surface area (Å²) in [5.74, 6) is -0.192. The van der Waals surface area contributed by atoms with Crippen LogP contribution in [0.15, 0.2) is 53.9 Å². The third-order valence-corrected chi connectivity index (χ3v) is 5.32. The Hall–Kier alpha value is -2.79. The van der Waals surface area contributed by atoms with Crippen molar-refractivity contribution in [1.29, 1.82) is 0 Å². The van der Waals surface area contributed by atoms with Gasteiger partial charge in [-0.1, -0.05) is 35.9 Å². The second kappa shape index (κ2) is 6.74. The molecule has 6 heteroatoms. The predicted molar refractivity (Wildman–Crippen MR) is 102 cm³/mol. The van der Waals surface area contributed by atoms with E-state index in [0.717, 1.165) is 16.7 Å². The quantitative estimate of drug-likeness (QED) is 0.827. The number of fused-ring (bicyclic) bond motifs is 3. The number of aryl methyl sites for hydroxylation is 1. The van der Waals surface area contributed by atoms with E-state index in [2.05, 4.69) is 0 Å². The number of nitrogens with two attached hydrogens (primary N) is 1. The van der Waals surface area contributed by atoms with Gasteiger partial charge in [0.15, 0.2) is 5.88 Å². The largest absolute Gasteiger partial charge is 0.441 e. The van der Waals surface area contributed by atoms with Crippen LogP contribution in [-0.4, -0.2) is 23.3 Å². The second-order valence-corrected chi connectivity index (χ2v) is 7.34. The van der Waals surface area contributed by atoms with Crippen molar-refractivity contribution in [3.8, 4) is 5.75 Å². The number of carbonyl (C=O) groups is 2. The van der Waals surface area contributed by atoms with Gasteiger partial charge in [0.05, 0.1) is 5.57 Å². The van der Waals surface area contributed by atoms with E-state index in [4.69, 9.17) is 22.1 Å². The molecule has 1 saturated heterocycles. The maximum absolute atomic E-state index is 13.0. The highest BCUT2D eigenvalue weighted by molar-refractivity contribution is 6.30. The Kier molecular flexibility index (Phi) is 4.40. The number of rotatable bonds is 3. The molecule has 1 atom stereocenters. The minimum absolute atomic E-state index is 0.0899. The summed E-state index contributed by atoms with van der Waals surface area (Å²) >= 11 is 5.90. The van der Waals surface area contributed by atoms with Crippen molar-refractivity contribution in [2.75, 3.05) is 6.54 Å². The van der Waals surface area contributed by atoms with E-state index in [1.807, 2.05) is 37.3 Å². The molecular weight excluding hydrogens is 364 g/mol. The van der Waals surface area contributed by atoms with Crippen molar-refractivity contribution < 1.29 is 14.3 Å². The molecule has 0 radical (unpaired) electrons. The lowest BCUT2D eigenvalue weighted by molar-refractivity contribution is -0.145. The topological polar surface area (TPSA) is 72.6 Å². The number of piperidine rings is 1. The van der Waals surface area contributed by atoms with E-state index >= 15 is 0 Å². The first-order valence-electron chi connectivity index (χ1n) is 8.81. The standard InChI is InChI=1S/C21H19ClN2O3/c1-12-2-7-15-16-11-18(25)24(9-8-13-3-5-14(22)6-4-13)21(26)19(16)20(23)27-17(15)10-12/h2-7,10,16H,8-9,11,23H2,1H3. The Balaban J connectivity index is 1.59. The molecular formula is C21H19ClN2O3. The smallest absolute Gasteiger partial charge is 0.262 e. The average Bonchev–Trinajstić information content (AvgIpc) is 2.62. The normalized spacial score (nSPS) is 18.9. The van der Waals surface area contributed by atoms with Gasteiger partial charge in [-0.25, -0.2) is 0 Å². The van der Waals surface area contributed by atoms with Crippen molar-refractivity contribution in [3.05, 3.63) is 75.6 Å². The molecule has 2 heterocycles. The van der Waals surface area contributed by atoms with Crippen LogP contribution in [0.5, 0.6) is 5.75 Å². The minimum atomic E-state index is -0.367. The molecule has 0 aliphatic carbocycles. The third-order valence-electron chi connectivity index (χ3n) is 5.07. The zero-order valence-corrected chi connectivity index (χ0v) is 15.6. The molecule has 2 aliphatic heterocycles.